The first-order valence-electron chi connectivity index (χ1n) is 7.80. The highest BCUT2D eigenvalue weighted by molar-refractivity contribution is 7.91. The minimum atomic E-state index is -3.06. The Morgan fingerprint density at radius 1 is 1.33 bits per heavy atom. The largest absolute Gasteiger partial charge is 0.441 e. The highest BCUT2D eigenvalue weighted by Gasteiger charge is 2.39. The van der Waals surface area contributed by atoms with Crippen LogP contribution in [0.3, 0.4) is 0 Å². The highest BCUT2D eigenvalue weighted by Crippen LogP contribution is 2.24. The molecule has 24 heavy (non-hydrogen) atoms. The lowest BCUT2D eigenvalue weighted by molar-refractivity contribution is -0.122. The van der Waals surface area contributed by atoms with Crippen molar-refractivity contribution in [3.05, 3.63) is 41.8 Å². The quantitative estimate of drug-likeness (QED) is 0.911. The van der Waals surface area contributed by atoms with Crippen molar-refractivity contribution < 1.29 is 17.6 Å². The van der Waals surface area contributed by atoms with Crippen molar-refractivity contribution in [3.8, 4) is 11.5 Å². The van der Waals surface area contributed by atoms with Crippen LogP contribution < -0.4 is 5.32 Å². The number of rotatable bonds is 4. The molecule has 1 aliphatic rings. The molecule has 2 heterocycles. The van der Waals surface area contributed by atoms with E-state index >= 15 is 0 Å². The third-order valence-electron chi connectivity index (χ3n) is 4.19. The first-order valence-corrected chi connectivity index (χ1v) is 9.62. The molecule has 0 unspecified atom stereocenters. The van der Waals surface area contributed by atoms with E-state index in [4.69, 9.17) is 4.42 Å². The van der Waals surface area contributed by atoms with E-state index in [9.17, 15) is 13.2 Å². The van der Waals surface area contributed by atoms with E-state index < -0.39 is 15.4 Å². The molecule has 1 amide bonds. The Balaban J connectivity index is 1.70. The predicted molar refractivity (Wildman–Crippen MR) is 90.2 cm³/mol. The number of amides is 1. The van der Waals surface area contributed by atoms with Gasteiger partial charge >= 0.3 is 0 Å². The molecule has 128 valence electrons. The molecule has 6 nitrogen and oxygen atoms in total. The number of oxazole rings is 1. The van der Waals surface area contributed by atoms with Crippen molar-refractivity contribution in [3.63, 3.8) is 0 Å². The molecule has 0 spiro atoms. The molecule has 1 aliphatic heterocycles. The second-order valence-electron chi connectivity index (χ2n) is 6.52. The minimum absolute atomic E-state index is 0.0151. The average molecular weight is 348 g/mol. The fraction of sp³-hybridized carbons (Fsp3) is 0.412. The molecule has 0 radical (unpaired) electrons. The van der Waals surface area contributed by atoms with Crippen LogP contribution in [0, 0.1) is 6.92 Å². The molecular weight excluding hydrogens is 328 g/mol. The standard InChI is InChI=1S/C17H20N2O4S/c1-12-14(18-16(23-12)13-6-4-3-5-7-13)10-15(20)19-17(2)8-9-24(21,22)11-17/h3-7H,8-11H2,1-2H3,(H,19,20)/t17-/m0/s1. The summed E-state index contributed by atoms with van der Waals surface area (Å²) in [7, 11) is -3.06. The van der Waals surface area contributed by atoms with Crippen LogP contribution in [-0.2, 0) is 21.1 Å². The molecule has 0 bridgehead atoms. The number of sulfone groups is 1. The average Bonchev–Trinajstić information content (AvgIpc) is 2.99. The Morgan fingerprint density at radius 2 is 2.04 bits per heavy atom. The van der Waals surface area contributed by atoms with Crippen LogP contribution in [0.1, 0.15) is 24.8 Å². The summed E-state index contributed by atoms with van der Waals surface area (Å²) in [5, 5.41) is 2.84. The number of carbonyl (C=O) groups is 1. The van der Waals surface area contributed by atoms with Gasteiger partial charge in [0.1, 0.15) is 5.76 Å². The van der Waals surface area contributed by atoms with Crippen LogP contribution in [0.15, 0.2) is 34.7 Å². The van der Waals surface area contributed by atoms with Crippen molar-refractivity contribution >= 4 is 15.7 Å². The Morgan fingerprint density at radius 3 is 2.67 bits per heavy atom. The normalized spacial score (nSPS) is 22.4. The van der Waals surface area contributed by atoms with E-state index in [2.05, 4.69) is 10.3 Å². The number of nitrogens with zero attached hydrogens (tertiary/aromatic N) is 1. The third-order valence-corrected chi connectivity index (χ3v) is 6.09. The number of carbonyl (C=O) groups excluding carboxylic acids is 1. The van der Waals surface area contributed by atoms with Crippen molar-refractivity contribution in [1.82, 2.24) is 10.3 Å². The summed E-state index contributed by atoms with van der Waals surface area (Å²) in [5.41, 5.74) is 0.715. The Kier molecular flexibility index (Phi) is 4.21. The maximum absolute atomic E-state index is 12.3. The fourth-order valence-corrected chi connectivity index (χ4v) is 5.03. The molecule has 1 aromatic carbocycles. The topological polar surface area (TPSA) is 89.3 Å². The van der Waals surface area contributed by atoms with Gasteiger partial charge in [0.05, 0.1) is 29.2 Å². The summed E-state index contributed by atoms with van der Waals surface area (Å²) in [6.07, 6.45) is 0.506. The van der Waals surface area contributed by atoms with Crippen LogP contribution in [-0.4, -0.2) is 36.4 Å². The lowest BCUT2D eigenvalue weighted by atomic mass is 10.0. The molecule has 1 N–H and O–H groups in total. The van der Waals surface area contributed by atoms with Gasteiger partial charge in [0.25, 0.3) is 0 Å². The number of hydrogen-bond acceptors (Lipinski definition) is 5. The lowest BCUT2D eigenvalue weighted by Gasteiger charge is -2.23. The van der Waals surface area contributed by atoms with Crippen molar-refractivity contribution in [2.45, 2.75) is 32.2 Å². The molecule has 3 rings (SSSR count). The second-order valence-corrected chi connectivity index (χ2v) is 8.70. The zero-order chi connectivity index (χ0) is 17.4. The summed E-state index contributed by atoms with van der Waals surface area (Å²) in [5.74, 6) is 0.924. The lowest BCUT2D eigenvalue weighted by Crippen LogP contribution is -2.47. The van der Waals surface area contributed by atoms with Gasteiger partial charge in [0.15, 0.2) is 9.84 Å². The summed E-state index contributed by atoms with van der Waals surface area (Å²) in [6.45, 7) is 3.53. The van der Waals surface area contributed by atoms with Gasteiger partial charge < -0.3 is 9.73 Å². The van der Waals surface area contributed by atoms with Gasteiger partial charge in [-0.05, 0) is 32.4 Å². The zero-order valence-corrected chi connectivity index (χ0v) is 14.5. The number of aryl methyl sites for hydroxylation is 1. The van der Waals surface area contributed by atoms with Gasteiger partial charge in [-0.25, -0.2) is 13.4 Å². The van der Waals surface area contributed by atoms with Crippen LogP contribution in [0.5, 0.6) is 0 Å². The van der Waals surface area contributed by atoms with Crippen molar-refractivity contribution in [2.75, 3.05) is 11.5 Å². The summed E-state index contributed by atoms with van der Waals surface area (Å²) < 4.78 is 28.9. The van der Waals surface area contributed by atoms with Crippen LogP contribution in [0.2, 0.25) is 0 Å². The van der Waals surface area contributed by atoms with E-state index in [0.29, 0.717) is 23.8 Å². The SMILES string of the molecule is Cc1oc(-c2ccccc2)nc1CC(=O)N[C@@]1(C)CCS(=O)(=O)C1. The Hall–Kier alpha value is -2.15. The van der Waals surface area contributed by atoms with Crippen LogP contribution in [0.25, 0.3) is 11.5 Å². The number of hydrogen-bond donors (Lipinski definition) is 1. The predicted octanol–water partition coefficient (Wildman–Crippen LogP) is 1.89. The fourth-order valence-electron chi connectivity index (χ4n) is 2.94. The molecule has 7 heteroatoms. The van der Waals surface area contributed by atoms with Crippen molar-refractivity contribution in [2.24, 2.45) is 0 Å². The van der Waals surface area contributed by atoms with E-state index in [-0.39, 0.29) is 23.8 Å². The molecule has 2 aromatic rings. The van der Waals surface area contributed by atoms with E-state index in [0.717, 1.165) is 5.56 Å². The highest BCUT2D eigenvalue weighted by atomic mass is 32.2. The molecule has 0 aliphatic carbocycles. The van der Waals surface area contributed by atoms with E-state index in [1.165, 1.54) is 0 Å². The molecule has 1 fully saturated rings. The van der Waals surface area contributed by atoms with E-state index in [1.807, 2.05) is 30.3 Å². The van der Waals surface area contributed by atoms with Gasteiger partial charge in [0, 0.05) is 5.56 Å². The third kappa shape index (κ3) is 3.67. The van der Waals surface area contributed by atoms with Gasteiger partial charge in [-0.2, -0.15) is 0 Å². The summed E-state index contributed by atoms with van der Waals surface area (Å²) in [6, 6.07) is 9.47. The first-order chi connectivity index (χ1) is 11.3. The molecular formula is C17H20N2O4S. The summed E-state index contributed by atoms with van der Waals surface area (Å²) >= 11 is 0. The first kappa shape index (κ1) is 16.7. The van der Waals surface area contributed by atoms with E-state index in [1.54, 1.807) is 13.8 Å². The number of aromatic nitrogens is 1. The second kappa shape index (κ2) is 6.05. The minimum Gasteiger partial charge on any atom is -0.441 e. The van der Waals surface area contributed by atoms with Gasteiger partial charge in [-0.15, -0.1) is 0 Å². The monoisotopic (exact) mass is 348 g/mol. The van der Waals surface area contributed by atoms with Gasteiger partial charge in [-0.3, -0.25) is 4.79 Å². The smallest absolute Gasteiger partial charge is 0.226 e. The number of nitrogens with one attached hydrogen (secondary N) is 1. The zero-order valence-electron chi connectivity index (χ0n) is 13.7. The molecule has 1 aromatic heterocycles. The molecule has 0 saturated carbocycles. The van der Waals surface area contributed by atoms with Crippen LogP contribution >= 0.6 is 0 Å². The van der Waals surface area contributed by atoms with Gasteiger partial charge in [0.2, 0.25) is 11.8 Å². The maximum atomic E-state index is 12.3. The number of benzene rings is 1. The molecule has 1 saturated heterocycles. The Labute approximate surface area is 141 Å². The van der Waals surface area contributed by atoms with Crippen LogP contribution in [0.4, 0.5) is 0 Å². The van der Waals surface area contributed by atoms with Crippen molar-refractivity contribution in [1.29, 1.82) is 0 Å². The summed E-state index contributed by atoms with van der Waals surface area (Å²) in [4.78, 5) is 16.7. The Bertz CT molecular complexity index is 858. The maximum Gasteiger partial charge on any atom is 0.226 e. The van der Waals surface area contributed by atoms with Gasteiger partial charge in [-0.1, -0.05) is 18.2 Å². The molecule has 1 atom stereocenters.